The molecule has 0 bridgehead atoms. The number of aliphatic hydroxyl groups is 1. The van der Waals surface area contributed by atoms with Crippen molar-refractivity contribution in [2.45, 2.75) is 12.0 Å². The van der Waals surface area contributed by atoms with Gasteiger partial charge in [-0.2, -0.15) is 5.10 Å². The summed E-state index contributed by atoms with van der Waals surface area (Å²) in [4.78, 5) is 36.0. The molecular weight excluding hydrogens is 428 g/mol. The lowest BCUT2D eigenvalue weighted by molar-refractivity contribution is -0.140. The van der Waals surface area contributed by atoms with E-state index < -0.39 is 30.6 Å². The molecule has 2 amide bonds. The molecule has 0 fully saturated rings. The molecule has 1 heterocycles. The topological polar surface area (TPSA) is 143 Å². The third-order valence-corrected chi connectivity index (χ3v) is 5.42. The number of ether oxygens (including phenoxy) is 1. The van der Waals surface area contributed by atoms with Gasteiger partial charge in [0, 0.05) is 19.2 Å². The van der Waals surface area contributed by atoms with Crippen molar-refractivity contribution < 1.29 is 29.3 Å². The van der Waals surface area contributed by atoms with Crippen molar-refractivity contribution in [1.82, 2.24) is 15.1 Å². The molecule has 170 valence electrons. The number of aliphatic carboxylic acids is 1. The van der Waals surface area contributed by atoms with E-state index in [0.717, 1.165) is 22.3 Å². The Kier molecular flexibility index (Phi) is 6.09. The van der Waals surface area contributed by atoms with Gasteiger partial charge in [-0.3, -0.25) is 14.8 Å². The number of carbonyl (C=O) groups excluding carboxylic acids is 2. The lowest BCUT2D eigenvalue weighted by Crippen LogP contribution is -2.43. The Morgan fingerprint density at radius 1 is 1.09 bits per heavy atom. The number of rotatable bonds is 7. The van der Waals surface area contributed by atoms with Gasteiger partial charge in [-0.1, -0.05) is 48.5 Å². The van der Waals surface area contributed by atoms with Gasteiger partial charge in [-0.15, -0.1) is 0 Å². The Balaban J connectivity index is 1.45. The minimum atomic E-state index is -1.49. The zero-order chi connectivity index (χ0) is 23.5. The number of nitrogens with one attached hydrogen (secondary N) is 2. The maximum atomic E-state index is 12.5. The van der Waals surface area contributed by atoms with Crippen molar-refractivity contribution in [3.05, 3.63) is 71.4 Å². The fourth-order valence-electron chi connectivity index (χ4n) is 3.90. The van der Waals surface area contributed by atoms with Crippen LogP contribution in [0.25, 0.3) is 11.1 Å². The van der Waals surface area contributed by atoms with E-state index in [1.54, 1.807) is 7.05 Å². The summed E-state index contributed by atoms with van der Waals surface area (Å²) >= 11 is 0. The minimum Gasteiger partial charge on any atom is -0.480 e. The van der Waals surface area contributed by atoms with Crippen LogP contribution < -0.4 is 10.6 Å². The average molecular weight is 450 g/mol. The zero-order valence-electron chi connectivity index (χ0n) is 17.7. The molecule has 33 heavy (non-hydrogen) atoms. The number of anilines is 1. The molecule has 4 rings (SSSR count). The fraction of sp³-hybridized carbons (Fsp3) is 0.217. The van der Waals surface area contributed by atoms with Crippen LogP contribution in [0.3, 0.4) is 0 Å². The van der Waals surface area contributed by atoms with E-state index in [9.17, 15) is 14.4 Å². The second kappa shape index (κ2) is 9.13. The fourth-order valence-corrected chi connectivity index (χ4v) is 3.90. The van der Waals surface area contributed by atoms with Crippen LogP contribution >= 0.6 is 0 Å². The van der Waals surface area contributed by atoms with Crippen LogP contribution in [-0.4, -0.2) is 57.2 Å². The summed E-state index contributed by atoms with van der Waals surface area (Å²) in [6.45, 7) is -0.698. The number of amides is 2. The Morgan fingerprint density at radius 3 is 2.27 bits per heavy atom. The first-order valence-corrected chi connectivity index (χ1v) is 10.2. The van der Waals surface area contributed by atoms with Crippen LogP contribution in [0.15, 0.2) is 54.7 Å². The van der Waals surface area contributed by atoms with Crippen molar-refractivity contribution in [3.63, 3.8) is 0 Å². The number of nitrogens with zero attached hydrogens (tertiary/aromatic N) is 2. The van der Waals surface area contributed by atoms with Crippen molar-refractivity contribution in [3.8, 4) is 11.1 Å². The molecule has 0 saturated heterocycles. The molecule has 2 aromatic carbocycles. The van der Waals surface area contributed by atoms with Gasteiger partial charge >= 0.3 is 12.1 Å². The van der Waals surface area contributed by atoms with Crippen LogP contribution in [0.5, 0.6) is 0 Å². The summed E-state index contributed by atoms with van der Waals surface area (Å²) in [5, 5.41) is 26.8. The molecule has 4 N–H and O–H groups in total. The van der Waals surface area contributed by atoms with Crippen LogP contribution in [0.2, 0.25) is 0 Å². The lowest BCUT2D eigenvalue weighted by atomic mass is 9.98. The van der Waals surface area contributed by atoms with Gasteiger partial charge in [0.2, 0.25) is 0 Å². The van der Waals surface area contributed by atoms with E-state index in [0.29, 0.717) is 0 Å². The number of hydrogen-bond acceptors (Lipinski definition) is 6. The van der Waals surface area contributed by atoms with Crippen LogP contribution in [0, 0.1) is 0 Å². The van der Waals surface area contributed by atoms with Gasteiger partial charge in [0.1, 0.15) is 12.2 Å². The molecule has 1 atom stereocenters. The smallest absolute Gasteiger partial charge is 0.412 e. The van der Waals surface area contributed by atoms with E-state index in [1.807, 2.05) is 48.5 Å². The van der Waals surface area contributed by atoms with Gasteiger partial charge in [0.25, 0.3) is 5.91 Å². The first-order chi connectivity index (χ1) is 15.9. The normalized spacial score (nSPS) is 13.0. The molecule has 10 nitrogen and oxygen atoms in total. The molecule has 0 spiro atoms. The summed E-state index contributed by atoms with van der Waals surface area (Å²) in [5.74, 6) is -2.41. The van der Waals surface area contributed by atoms with E-state index in [1.165, 1.54) is 10.9 Å². The van der Waals surface area contributed by atoms with Gasteiger partial charge < -0.3 is 20.3 Å². The van der Waals surface area contributed by atoms with Gasteiger partial charge in [-0.05, 0) is 22.3 Å². The van der Waals surface area contributed by atoms with Gasteiger partial charge in [-0.25, -0.2) is 9.59 Å². The largest absolute Gasteiger partial charge is 0.480 e. The summed E-state index contributed by atoms with van der Waals surface area (Å²) in [7, 11) is 1.54. The number of hydrogen-bond donors (Lipinski definition) is 4. The van der Waals surface area contributed by atoms with Crippen molar-refractivity contribution in [2.24, 2.45) is 7.05 Å². The summed E-state index contributed by atoms with van der Waals surface area (Å²) < 4.78 is 6.76. The van der Waals surface area contributed by atoms with Crippen molar-refractivity contribution in [1.29, 1.82) is 0 Å². The molecule has 10 heteroatoms. The third kappa shape index (κ3) is 4.41. The van der Waals surface area contributed by atoms with Crippen molar-refractivity contribution >= 4 is 23.8 Å². The molecule has 0 aliphatic heterocycles. The average Bonchev–Trinajstić information content (AvgIpc) is 3.33. The number of aliphatic hydroxyl groups excluding tert-OH is 1. The SMILES string of the molecule is Cn1cc(C(=O)N[C@H](CO)C(=O)O)c(NC(=O)OCC2c3ccccc3-c3ccccc32)n1. The predicted octanol–water partition coefficient (Wildman–Crippen LogP) is 1.96. The van der Waals surface area contributed by atoms with Gasteiger partial charge in [0.15, 0.2) is 11.9 Å². The lowest BCUT2D eigenvalue weighted by Gasteiger charge is -2.14. The highest BCUT2D eigenvalue weighted by Crippen LogP contribution is 2.44. The number of aromatic nitrogens is 2. The number of carboxylic acid groups (broad SMARTS) is 1. The molecule has 0 saturated carbocycles. The van der Waals surface area contributed by atoms with Crippen LogP contribution in [0.4, 0.5) is 10.6 Å². The Labute approximate surface area is 188 Å². The highest BCUT2D eigenvalue weighted by Gasteiger charge is 2.29. The van der Waals surface area contributed by atoms with E-state index in [2.05, 4.69) is 15.7 Å². The molecule has 0 radical (unpaired) electrons. The second-order valence-electron chi connectivity index (χ2n) is 7.56. The van der Waals surface area contributed by atoms with E-state index >= 15 is 0 Å². The molecule has 0 unspecified atom stereocenters. The third-order valence-electron chi connectivity index (χ3n) is 5.42. The first kappa shape index (κ1) is 22.0. The van der Waals surface area contributed by atoms with Crippen LogP contribution in [-0.2, 0) is 16.6 Å². The maximum absolute atomic E-state index is 12.5. The quantitative estimate of drug-likeness (QED) is 0.431. The number of aryl methyl sites for hydroxylation is 1. The summed E-state index contributed by atoms with van der Waals surface area (Å²) in [6, 6.07) is 14.4. The summed E-state index contributed by atoms with van der Waals surface area (Å²) in [5.41, 5.74) is 4.26. The van der Waals surface area contributed by atoms with E-state index in [4.69, 9.17) is 14.9 Å². The monoisotopic (exact) mass is 450 g/mol. The zero-order valence-corrected chi connectivity index (χ0v) is 17.7. The Hall–Kier alpha value is -4.18. The number of benzene rings is 2. The highest BCUT2D eigenvalue weighted by atomic mass is 16.5. The summed E-state index contributed by atoms with van der Waals surface area (Å²) in [6.07, 6.45) is 0.520. The number of fused-ring (bicyclic) bond motifs is 3. The number of carboxylic acids is 1. The predicted molar refractivity (Wildman–Crippen MR) is 118 cm³/mol. The molecule has 1 aliphatic rings. The van der Waals surface area contributed by atoms with E-state index in [-0.39, 0.29) is 23.9 Å². The van der Waals surface area contributed by atoms with Gasteiger partial charge in [0.05, 0.1) is 6.61 Å². The molecule has 1 aromatic heterocycles. The second-order valence-corrected chi connectivity index (χ2v) is 7.56. The molecule has 1 aliphatic carbocycles. The van der Waals surface area contributed by atoms with Crippen molar-refractivity contribution in [2.75, 3.05) is 18.5 Å². The minimum absolute atomic E-state index is 0.0642. The standard InChI is InChI=1S/C23H22N4O6/c1-27-10-17(21(29)24-19(11-28)22(30)31)20(26-27)25-23(32)33-12-18-15-8-4-2-6-13(15)14-7-3-5-9-16(14)18/h2-10,18-19,28H,11-12H2,1H3,(H,24,29)(H,30,31)(H,25,26,32)/t19-/m1/s1. The Bertz CT molecular complexity index is 1180. The molecular formula is C23H22N4O6. The number of carbonyl (C=O) groups is 3. The Morgan fingerprint density at radius 2 is 1.70 bits per heavy atom. The maximum Gasteiger partial charge on any atom is 0.412 e. The first-order valence-electron chi connectivity index (χ1n) is 10.2. The van der Waals surface area contributed by atoms with Crippen LogP contribution in [0.1, 0.15) is 27.4 Å². The highest BCUT2D eigenvalue weighted by molar-refractivity contribution is 6.02. The molecule has 3 aromatic rings.